The predicted octanol–water partition coefficient (Wildman–Crippen LogP) is 2.84. The highest BCUT2D eigenvalue weighted by atomic mass is 32.2. The Kier molecular flexibility index (Phi) is 5.15. The molecule has 0 aromatic carbocycles. The number of furan rings is 1. The summed E-state index contributed by atoms with van der Waals surface area (Å²) in [5.74, 6) is -0.946. The molecule has 0 saturated heterocycles. The number of rotatable bonds is 5. The lowest BCUT2D eigenvalue weighted by Crippen LogP contribution is -2.48. The van der Waals surface area contributed by atoms with Crippen LogP contribution in [0.4, 0.5) is 13.2 Å². The van der Waals surface area contributed by atoms with Gasteiger partial charge in [-0.3, -0.25) is 4.79 Å². The van der Waals surface area contributed by atoms with Gasteiger partial charge in [-0.2, -0.15) is 13.2 Å². The van der Waals surface area contributed by atoms with Gasteiger partial charge in [0.05, 0.1) is 22.0 Å². The van der Waals surface area contributed by atoms with Gasteiger partial charge in [0.25, 0.3) is 0 Å². The Morgan fingerprint density at radius 1 is 1.40 bits per heavy atom. The number of carbonyl (C=O) groups is 1. The third kappa shape index (κ3) is 4.75. The second-order valence-corrected chi connectivity index (χ2v) is 7.20. The molecule has 0 bridgehead atoms. The van der Waals surface area contributed by atoms with E-state index in [-0.39, 0.29) is 5.76 Å². The first-order valence-electron chi connectivity index (χ1n) is 5.83. The first-order valence-corrected chi connectivity index (χ1v) is 6.98. The fourth-order valence-corrected chi connectivity index (χ4v) is 2.08. The number of alkyl halides is 3. The van der Waals surface area contributed by atoms with Gasteiger partial charge in [0, 0.05) is 6.42 Å². The molecule has 1 heterocycles. The highest BCUT2D eigenvalue weighted by Crippen LogP contribution is 2.25. The van der Waals surface area contributed by atoms with Crippen LogP contribution in [0.15, 0.2) is 22.8 Å². The maximum Gasteiger partial charge on any atom is 0.405 e. The van der Waals surface area contributed by atoms with E-state index >= 15 is 0 Å². The summed E-state index contributed by atoms with van der Waals surface area (Å²) in [5.41, 5.74) is 0. The highest BCUT2D eigenvalue weighted by molar-refractivity contribution is 7.84. The smallest absolute Gasteiger partial charge is 0.405 e. The lowest BCUT2D eigenvalue weighted by atomic mass is 10.1. The van der Waals surface area contributed by atoms with Crippen molar-refractivity contribution < 1.29 is 26.6 Å². The number of halogens is 3. The zero-order valence-corrected chi connectivity index (χ0v) is 12.1. The van der Waals surface area contributed by atoms with Crippen LogP contribution in [-0.2, 0) is 11.0 Å². The molecule has 0 aliphatic carbocycles. The molecule has 8 heteroatoms. The van der Waals surface area contributed by atoms with E-state index in [4.69, 9.17) is 4.42 Å². The van der Waals surface area contributed by atoms with Crippen molar-refractivity contribution in [3.8, 4) is 0 Å². The standard InChI is InChI=1S/C12H16F3NO3S/c1-11(2,3)20(18)16-10(12(13,14)15)7-8(17)9-5-4-6-19-9/h4-6,10,16H,7H2,1-3H3/t10-,20-/m0/s1. The van der Waals surface area contributed by atoms with E-state index in [0.29, 0.717) is 0 Å². The third-order valence-electron chi connectivity index (χ3n) is 2.39. The maximum atomic E-state index is 12.9. The number of hydrogen-bond acceptors (Lipinski definition) is 3. The van der Waals surface area contributed by atoms with Crippen LogP contribution in [0.2, 0.25) is 0 Å². The van der Waals surface area contributed by atoms with E-state index < -0.39 is 40.2 Å². The lowest BCUT2D eigenvalue weighted by Gasteiger charge is -2.25. The van der Waals surface area contributed by atoms with Crippen molar-refractivity contribution in [2.24, 2.45) is 0 Å². The Bertz CT molecular complexity index is 477. The van der Waals surface area contributed by atoms with Crippen LogP contribution in [0.3, 0.4) is 0 Å². The summed E-state index contributed by atoms with van der Waals surface area (Å²) in [6.07, 6.45) is -4.33. The molecular formula is C12H16F3NO3S. The highest BCUT2D eigenvalue weighted by Gasteiger charge is 2.43. The molecular weight excluding hydrogens is 295 g/mol. The van der Waals surface area contributed by atoms with Gasteiger partial charge in [-0.05, 0) is 32.9 Å². The average molecular weight is 311 g/mol. The average Bonchev–Trinajstić information content (AvgIpc) is 2.78. The molecule has 0 spiro atoms. The summed E-state index contributed by atoms with van der Waals surface area (Å²) < 4.78 is 56.3. The van der Waals surface area contributed by atoms with E-state index in [0.717, 1.165) is 0 Å². The molecule has 1 N–H and O–H groups in total. The number of hydrogen-bond donors (Lipinski definition) is 1. The van der Waals surface area contributed by atoms with E-state index in [1.54, 1.807) is 0 Å². The normalized spacial score (nSPS) is 15.9. The van der Waals surface area contributed by atoms with Crippen LogP contribution in [0, 0.1) is 0 Å². The van der Waals surface area contributed by atoms with Crippen molar-refractivity contribution in [3.05, 3.63) is 24.2 Å². The molecule has 1 aromatic heterocycles. The maximum absolute atomic E-state index is 12.9. The summed E-state index contributed by atoms with van der Waals surface area (Å²) in [4.78, 5) is 11.7. The fourth-order valence-electron chi connectivity index (χ4n) is 1.25. The van der Waals surface area contributed by atoms with Gasteiger partial charge in [-0.25, -0.2) is 8.93 Å². The molecule has 4 nitrogen and oxygen atoms in total. The van der Waals surface area contributed by atoms with Crippen molar-refractivity contribution in [1.29, 1.82) is 0 Å². The Morgan fingerprint density at radius 2 is 2.00 bits per heavy atom. The lowest BCUT2D eigenvalue weighted by molar-refractivity contribution is -0.150. The number of ketones is 1. The zero-order chi connectivity index (χ0) is 15.6. The fraction of sp³-hybridized carbons (Fsp3) is 0.583. The van der Waals surface area contributed by atoms with E-state index in [1.807, 2.05) is 4.72 Å². The van der Waals surface area contributed by atoms with E-state index in [2.05, 4.69) is 0 Å². The molecule has 0 unspecified atom stereocenters. The van der Waals surface area contributed by atoms with Gasteiger partial charge in [-0.15, -0.1) is 0 Å². The minimum atomic E-state index is -4.68. The molecule has 0 amide bonds. The summed E-state index contributed by atoms with van der Waals surface area (Å²) in [5, 5.41) is 0. The van der Waals surface area contributed by atoms with Crippen molar-refractivity contribution in [2.75, 3.05) is 0 Å². The molecule has 1 rings (SSSR count). The van der Waals surface area contributed by atoms with Gasteiger partial charge in [0.15, 0.2) is 11.5 Å². The molecule has 0 saturated carbocycles. The topological polar surface area (TPSA) is 59.3 Å². The zero-order valence-electron chi connectivity index (χ0n) is 11.3. The quantitative estimate of drug-likeness (QED) is 0.851. The van der Waals surface area contributed by atoms with Crippen molar-refractivity contribution >= 4 is 16.8 Å². The molecule has 0 fully saturated rings. The minimum Gasteiger partial charge on any atom is -0.461 e. The Morgan fingerprint density at radius 3 is 2.40 bits per heavy atom. The first kappa shape index (κ1) is 16.9. The van der Waals surface area contributed by atoms with Gasteiger partial charge < -0.3 is 4.42 Å². The SMILES string of the molecule is CC(C)(C)[S@](=O)N[C@@H](CC(=O)c1ccco1)C(F)(F)F. The molecule has 0 aliphatic heterocycles. The van der Waals surface area contributed by atoms with E-state index in [9.17, 15) is 22.2 Å². The van der Waals surface area contributed by atoms with Crippen LogP contribution in [-0.4, -0.2) is 27.0 Å². The Labute approximate surface area is 117 Å². The molecule has 0 aliphatic rings. The summed E-state index contributed by atoms with van der Waals surface area (Å²) >= 11 is 0. The van der Waals surface area contributed by atoms with Crippen LogP contribution in [0.1, 0.15) is 37.7 Å². The second-order valence-electron chi connectivity index (χ2n) is 5.20. The van der Waals surface area contributed by atoms with Gasteiger partial charge in [0.1, 0.15) is 6.04 Å². The third-order valence-corrected chi connectivity index (χ3v) is 4.00. The Hall–Kier alpha value is -1.15. The van der Waals surface area contributed by atoms with E-state index in [1.165, 1.54) is 39.2 Å². The van der Waals surface area contributed by atoms with Crippen LogP contribution in [0.5, 0.6) is 0 Å². The van der Waals surface area contributed by atoms with Crippen LogP contribution < -0.4 is 4.72 Å². The number of carbonyl (C=O) groups excluding carboxylic acids is 1. The molecule has 1 aromatic rings. The number of nitrogens with one attached hydrogen (secondary N) is 1. The summed E-state index contributed by atoms with van der Waals surface area (Å²) in [6.45, 7) is 4.62. The predicted molar refractivity (Wildman–Crippen MR) is 68.5 cm³/mol. The Balaban J connectivity index is 2.81. The minimum absolute atomic E-state index is 0.150. The van der Waals surface area contributed by atoms with Crippen molar-refractivity contribution in [2.45, 2.75) is 44.2 Å². The number of Topliss-reactive ketones (excluding diaryl/α,β-unsaturated/α-hetero) is 1. The molecule has 2 atom stereocenters. The molecule has 0 radical (unpaired) electrons. The molecule has 20 heavy (non-hydrogen) atoms. The summed E-state index contributed by atoms with van der Waals surface area (Å²) in [7, 11) is -1.93. The largest absolute Gasteiger partial charge is 0.461 e. The van der Waals surface area contributed by atoms with Crippen molar-refractivity contribution in [1.82, 2.24) is 4.72 Å². The van der Waals surface area contributed by atoms with Gasteiger partial charge in [-0.1, -0.05) is 0 Å². The molecule has 114 valence electrons. The second kappa shape index (κ2) is 6.09. The van der Waals surface area contributed by atoms with Crippen LogP contribution >= 0.6 is 0 Å². The van der Waals surface area contributed by atoms with Crippen LogP contribution in [0.25, 0.3) is 0 Å². The summed E-state index contributed by atoms with van der Waals surface area (Å²) in [6, 6.07) is 0.521. The first-order chi connectivity index (χ1) is 9.01. The van der Waals surface area contributed by atoms with Gasteiger partial charge >= 0.3 is 6.18 Å². The monoisotopic (exact) mass is 311 g/mol. The van der Waals surface area contributed by atoms with Gasteiger partial charge in [0.2, 0.25) is 0 Å². The van der Waals surface area contributed by atoms with Crippen molar-refractivity contribution in [3.63, 3.8) is 0 Å².